The predicted molar refractivity (Wildman–Crippen MR) is 102 cm³/mol. The van der Waals surface area contributed by atoms with Crippen molar-refractivity contribution >= 4 is 5.97 Å². The van der Waals surface area contributed by atoms with Crippen molar-refractivity contribution in [2.45, 2.75) is 82.0 Å². The van der Waals surface area contributed by atoms with E-state index < -0.39 is 23.8 Å². The Morgan fingerprint density at radius 1 is 1.33 bits per heavy atom. The molecule has 27 heavy (non-hydrogen) atoms. The first-order valence-electron chi connectivity index (χ1n) is 10.3. The van der Waals surface area contributed by atoms with Gasteiger partial charge in [0.25, 0.3) is 0 Å². The number of methoxy groups -OCH3 is 1. The number of carboxylic acids is 1. The van der Waals surface area contributed by atoms with Gasteiger partial charge in [0, 0.05) is 19.4 Å². The quantitative estimate of drug-likeness (QED) is 0.507. The molecule has 0 spiro atoms. The van der Waals surface area contributed by atoms with Gasteiger partial charge in [0.1, 0.15) is 6.10 Å². The minimum absolute atomic E-state index is 0.105. The zero-order valence-electron chi connectivity index (χ0n) is 16.2. The number of ether oxygens (including phenoxy) is 1. The Kier molecular flexibility index (Phi) is 6.62. The lowest BCUT2D eigenvalue weighted by molar-refractivity contribution is -0.139. The Bertz CT molecular complexity index is 624. The minimum Gasteiger partial charge on any atom is -0.481 e. The van der Waals surface area contributed by atoms with Gasteiger partial charge < -0.3 is 20.1 Å². The van der Waals surface area contributed by atoms with E-state index in [2.05, 4.69) is 11.8 Å². The smallest absolute Gasteiger partial charge is 0.303 e. The van der Waals surface area contributed by atoms with Crippen LogP contribution >= 0.6 is 0 Å². The molecule has 5 nitrogen and oxygen atoms in total. The summed E-state index contributed by atoms with van der Waals surface area (Å²) in [5.41, 5.74) is 0.718. The number of carbonyl (C=O) groups is 1. The van der Waals surface area contributed by atoms with Crippen molar-refractivity contribution in [3.63, 3.8) is 0 Å². The highest BCUT2D eigenvalue weighted by molar-refractivity contribution is 5.66. The molecule has 3 saturated carbocycles. The summed E-state index contributed by atoms with van der Waals surface area (Å²) in [4.78, 5) is 10.8. The number of aliphatic carboxylic acids is 1. The van der Waals surface area contributed by atoms with E-state index in [1.807, 2.05) is 6.08 Å². The fourth-order valence-electron chi connectivity index (χ4n) is 5.21. The summed E-state index contributed by atoms with van der Waals surface area (Å²) in [6, 6.07) is 0. The monoisotopic (exact) mass is 376 g/mol. The Morgan fingerprint density at radius 3 is 2.74 bits per heavy atom. The highest BCUT2D eigenvalue weighted by Crippen LogP contribution is 2.56. The van der Waals surface area contributed by atoms with Crippen LogP contribution in [0.25, 0.3) is 0 Å². The highest BCUT2D eigenvalue weighted by Gasteiger charge is 2.58. The molecule has 1 unspecified atom stereocenters. The number of hydrogen-bond donors (Lipinski definition) is 3. The summed E-state index contributed by atoms with van der Waals surface area (Å²) >= 11 is 0. The molecule has 3 fully saturated rings. The molecule has 5 atom stereocenters. The number of aliphatic hydroxyl groups excluding tert-OH is 2. The lowest BCUT2D eigenvalue weighted by Gasteiger charge is -2.57. The average molecular weight is 376 g/mol. The number of fused-ring (bicyclic) bond motifs is 1. The van der Waals surface area contributed by atoms with E-state index in [-0.39, 0.29) is 24.2 Å². The second-order valence-corrected chi connectivity index (χ2v) is 8.33. The zero-order chi connectivity index (χ0) is 19.4. The first-order chi connectivity index (χ1) is 13.0. The van der Waals surface area contributed by atoms with Gasteiger partial charge >= 0.3 is 5.97 Å². The molecule has 3 N–H and O–H groups in total. The van der Waals surface area contributed by atoms with Gasteiger partial charge in [-0.2, -0.15) is 0 Å². The van der Waals surface area contributed by atoms with Crippen LogP contribution in [0.3, 0.4) is 0 Å². The van der Waals surface area contributed by atoms with Crippen molar-refractivity contribution in [3.8, 4) is 11.8 Å². The molecule has 0 aromatic rings. The fourth-order valence-corrected chi connectivity index (χ4v) is 5.21. The van der Waals surface area contributed by atoms with Crippen molar-refractivity contribution in [1.82, 2.24) is 0 Å². The maximum Gasteiger partial charge on any atom is 0.303 e. The molecule has 3 aliphatic carbocycles. The minimum atomic E-state index is -0.797. The molecule has 3 rings (SSSR count). The number of aliphatic hydroxyl groups is 2. The van der Waals surface area contributed by atoms with Gasteiger partial charge in [-0.05, 0) is 50.0 Å². The van der Waals surface area contributed by atoms with Gasteiger partial charge in [-0.3, -0.25) is 4.79 Å². The van der Waals surface area contributed by atoms with Crippen LogP contribution < -0.4 is 0 Å². The van der Waals surface area contributed by atoms with E-state index in [1.54, 1.807) is 7.11 Å². The van der Waals surface area contributed by atoms with Gasteiger partial charge in [0.05, 0.1) is 17.6 Å². The molecule has 0 bridgehead atoms. The average Bonchev–Trinajstić information content (AvgIpc) is 2.66. The molecular weight excluding hydrogens is 344 g/mol. The number of rotatable bonds is 5. The van der Waals surface area contributed by atoms with E-state index in [0.29, 0.717) is 12.8 Å². The van der Waals surface area contributed by atoms with Crippen LogP contribution in [0.4, 0.5) is 0 Å². The number of hydrogen-bond acceptors (Lipinski definition) is 4. The first kappa shape index (κ1) is 20.4. The maximum absolute atomic E-state index is 10.8. The van der Waals surface area contributed by atoms with Crippen molar-refractivity contribution in [2.75, 3.05) is 7.11 Å². The van der Waals surface area contributed by atoms with Crippen molar-refractivity contribution in [2.24, 2.45) is 17.8 Å². The Morgan fingerprint density at radius 2 is 2.07 bits per heavy atom. The third kappa shape index (κ3) is 4.23. The van der Waals surface area contributed by atoms with Crippen LogP contribution in [-0.4, -0.2) is 46.2 Å². The van der Waals surface area contributed by atoms with Crippen LogP contribution in [0.1, 0.15) is 64.2 Å². The summed E-state index contributed by atoms with van der Waals surface area (Å²) in [6.07, 6.45) is 9.27. The molecule has 3 aliphatic rings. The summed E-state index contributed by atoms with van der Waals surface area (Å²) in [5, 5.41) is 29.8. The van der Waals surface area contributed by atoms with E-state index in [1.165, 1.54) is 6.42 Å². The highest BCUT2D eigenvalue weighted by atomic mass is 16.5. The second kappa shape index (κ2) is 8.77. The molecule has 0 saturated heterocycles. The van der Waals surface area contributed by atoms with Crippen LogP contribution in [0.15, 0.2) is 11.6 Å². The SMILES string of the molecule is CO[C@]12CC[C@@H](O)[C@H](C#CC(O)C3CCCCC3)[C@H]1CC2=CCCC(=O)O. The molecule has 0 aromatic carbocycles. The standard InChI is InChI=1S/C22H32O5/c1-27-22-13-12-20(24)17(10-11-19(23)15-6-3-2-4-7-15)18(22)14-16(22)8-5-9-21(25)26/h8,15,17-20,23-24H,2-7,9,12-14H2,1H3,(H,25,26)/t17-,18-,19?,20-,22+/m1/s1. The first-order valence-corrected chi connectivity index (χ1v) is 10.3. The Balaban J connectivity index is 1.70. The predicted octanol–water partition coefficient (Wildman–Crippen LogP) is 2.90. The molecule has 0 aromatic heterocycles. The van der Waals surface area contributed by atoms with E-state index in [0.717, 1.165) is 44.1 Å². The van der Waals surface area contributed by atoms with E-state index in [9.17, 15) is 15.0 Å². The molecule has 0 aliphatic heterocycles. The van der Waals surface area contributed by atoms with Gasteiger partial charge in [0.2, 0.25) is 0 Å². The van der Waals surface area contributed by atoms with Gasteiger partial charge in [-0.1, -0.05) is 37.2 Å². The van der Waals surface area contributed by atoms with Crippen molar-refractivity contribution in [1.29, 1.82) is 0 Å². The third-order valence-electron chi connectivity index (χ3n) is 6.85. The lowest BCUT2D eigenvalue weighted by Crippen LogP contribution is -2.59. The van der Waals surface area contributed by atoms with Crippen molar-refractivity contribution < 1.29 is 24.9 Å². The molecule has 0 heterocycles. The molecule has 0 radical (unpaired) electrons. The van der Waals surface area contributed by atoms with Gasteiger partial charge in [-0.25, -0.2) is 0 Å². The van der Waals surface area contributed by atoms with Gasteiger partial charge in [-0.15, -0.1) is 0 Å². The van der Waals surface area contributed by atoms with E-state index in [4.69, 9.17) is 9.84 Å². The summed E-state index contributed by atoms with van der Waals surface area (Å²) in [7, 11) is 1.69. The molecule has 0 amide bonds. The Hall–Kier alpha value is -1.35. The Labute approximate surface area is 161 Å². The number of carboxylic acid groups (broad SMARTS) is 1. The normalized spacial score (nSPS) is 36.3. The topological polar surface area (TPSA) is 87.0 Å². The van der Waals surface area contributed by atoms with Gasteiger partial charge in [0.15, 0.2) is 0 Å². The summed E-state index contributed by atoms with van der Waals surface area (Å²) in [5.74, 6) is 5.61. The molecular formula is C22H32O5. The second-order valence-electron chi connectivity index (χ2n) is 8.33. The van der Waals surface area contributed by atoms with E-state index >= 15 is 0 Å². The van der Waals surface area contributed by atoms with Crippen LogP contribution in [0.5, 0.6) is 0 Å². The van der Waals surface area contributed by atoms with Crippen LogP contribution in [-0.2, 0) is 9.53 Å². The fraction of sp³-hybridized carbons (Fsp3) is 0.773. The lowest BCUT2D eigenvalue weighted by atomic mass is 9.53. The summed E-state index contributed by atoms with van der Waals surface area (Å²) in [6.45, 7) is 0. The zero-order valence-corrected chi connectivity index (χ0v) is 16.2. The number of allylic oxidation sites excluding steroid dienone is 1. The molecule has 5 heteroatoms. The van der Waals surface area contributed by atoms with Crippen LogP contribution in [0.2, 0.25) is 0 Å². The summed E-state index contributed by atoms with van der Waals surface area (Å²) < 4.78 is 5.89. The maximum atomic E-state index is 10.8. The van der Waals surface area contributed by atoms with Crippen LogP contribution in [0, 0.1) is 29.6 Å². The van der Waals surface area contributed by atoms with Crippen molar-refractivity contribution in [3.05, 3.63) is 11.6 Å². The third-order valence-corrected chi connectivity index (χ3v) is 6.85. The largest absolute Gasteiger partial charge is 0.481 e. The molecule has 150 valence electrons.